The molecule has 0 unspecified atom stereocenters. The molecule has 128 valence electrons. The van der Waals surface area contributed by atoms with E-state index < -0.39 is 0 Å². The van der Waals surface area contributed by atoms with Gasteiger partial charge < -0.3 is 5.32 Å². The van der Waals surface area contributed by atoms with Gasteiger partial charge in [-0.15, -0.1) is 5.92 Å². The minimum Gasteiger partial charge on any atom is -0.345 e. The molecule has 0 bridgehead atoms. The second-order valence-corrected chi connectivity index (χ2v) is 6.20. The van der Waals surface area contributed by atoms with E-state index in [2.05, 4.69) is 24.1 Å². The lowest BCUT2D eigenvalue weighted by Crippen LogP contribution is -2.22. The molecule has 0 aliphatic heterocycles. The Labute approximate surface area is 138 Å². The Hall–Kier alpha value is -0.970. The molecule has 0 atom stereocenters. The summed E-state index contributed by atoms with van der Waals surface area (Å²) >= 11 is 0. The molecule has 0 saturated carbocycles. The molecule has 0 aromatic rings. The van der Waals surface area contributed by atoms with Gasteiger partial charge in [0.25, 0.3) is 0 Å². The third-order valence-corrected chi connectivity index (χ3v) is 4.06. The molecule has 0 radical (unpaired) electrons. The molecular formula is C20H37NO. The zero-order chi connectivity index (χ0) is 16.3. The minimum atomic E-state index is 0.144. The molecule has 0 aromatic carbocycles. The predicted octanol–water partition coefficient (Wildman–Crippen LogP) is 5.61. The van der Waals surface area contributed by atoms with Crippen molar-refractivity contribution >= 4 is 5.91 Å². The summed E-state index contributed by atoms with van der Waals surface area (Å²) in [5.74, 6) is 5.77. The summed E-state index contributed by atoms with van der Waals surface area (Å²) in [6, 6.07) is 0. The molecule has 0 heterocycles. The van der Waals surface area contributed by atoms with Crippen LogP contribution in [-0.4, -0.2) is 12.5 Å². The van der Waals surface area contributed by atoms with E-state index in [1.807, 2.05) is 0 Å². The van der Waals surface area contributed by atoms with Crippen molar-refractivity contribution in [3.05, 3.63) is 0 Å². The number of carbonyl (C=O) groups excluding carboxylic acids is 1. The van der Waals surface area contributed by atoms with Gasteiger partial charge in [-0.2, -0.15) is 0 Å². The maximum Gasteiger partial charge on any atom is 0.220 e. The highest BCUT2D eigenvalue weighted by molar-refractivity contribution is 5.76. The SMILES string of the molecule is CC#CCNC(=O)CCCCCCCCCCCCCCC. The second kappa shape index (κ2) is 18.1. The van der Waals surface area contributed by atoms with Crippen LogP contribution < -0.4 is 5.32 Å². The van der Waals surface area contributed by atoms with E-state index in [4.69, 9.17) is 0 Å². The van der Waals surface area contributed by atoms with Gasteiger partial charge in [0.05, 0.1) is 6.54 Å². The lowest BCUT2D eigenvalue weighted by Gasteiger charge is -2.03. The van der Waals surface area contributed by atoms with Gasteiger partial charge in [0.1, 0.15) is 0 Å². The molecule has 2 heteroatoms. The summed E-state index contributed by atoms with van der Waals surface area (Å²) in [6.07, 6.45) is 18.1. The number of unbranched alkanes of at least 4 members (excludes halogenated alkanes) is 12. The first-order chi connectivity index (χ1) is 10.8. The Bertz CT molecular complexity index is 301. The largest absolute Gasteiger partial charge is 0.345 e. The molecule has 0 spiro atoms. The van der Waals surface area contributed by atoms with E-state index in [-0.39, 0.29) is 5.91 Å². The Kier molecular flexibility index (Phi) is 17.3. The third kappa shape index (κ3) is 17.1. The highest BCUT2D eigenvalue weighted by Crippen LogP contribution is 2.12. The van der Waals surface area contributed by atoms with Crippen molar-refractivity contribution in [2.45, 2.75) is 104 Å². The summed E-state index contributed by atoms with van der Waals surface area (Å²) in [4.78, 5) is 11.4. The van der Waals surface area contributed by atoms with Gasteiger partial charge in [0, 0.05) is 6.42 Å². The highest BCUT2D eigenvalue weighted by atomic mass is 16.1. The third-order valence-electron chi connectivity index (χ3n) is 4.06. The van der Waals surface area contributed by atoms with Gasteiger partial charge in [-0.3, -0.25) is 4.79 Å². The number of carbonyl (C=O) groups is 1. The van der Waals surface area contributed by atoms with Crippen LogP contribution in [0.4, 0.5) is 0 Å². The van der Waals surface area contributed by atoms with Crippen LogP contribution in [0.15, 0.2) is 0 Å². The zero-order valence-electron chi connectivity index (χ0n) is 15.0. The molecule has 0 saturated heterocycles. The summed E-state index contributed by atoms with van der Waals surface area (Å²) in [5.41, 5.74) is 0. The van der Waals surface area contributed by atoms with E-state index >= 15 is 0 Å². The van der Waals surface area contributed by atoms with E-state index in [0.29, 0.717) is 13.0 Å². The molecule has 0 aliphatic rings. The number of hydrogen-bond acceptors (Lipinski definition) is 1. The van der Waals surface area contributed by atoms with Crippen LogP contribution in [-0.2, 0) is 4.79 Å². The predicted molar refractivity (Wildman–Crippen MR) is 96.8 cm³/mol. The Morgan fingerprint density at radius 3 is 1.68 bits per heavy atom. The molecule has 0 aliphatic carbocycles. The van der Waals surface area contributed by atoms with Gasteiger partial charge in [-0.25, -0.2) is 0 Å². The fourth-order valence-electron chi connectivity index (χ4n) is 2.62. The quantitative estimate of drug-likeness (QED) is 0.309. The van der Waals surface area contributed by atoms with Crippen LogP contribution >= 0.6 is 0 Å². The molecular weight excluding hydrogens is 270 g/mol. The van der Waals surface area contributed by atoms with Crippen LogP contribution in [0.1, 0.15) is 104 Å². The van der Waals surface area contributed by atoms with E-state index in [0.717, 1.165) is 6.42 Å². The van der Waals surface area contributed by atoms with Gasteiger partial charge >= 0.3 is 0 Å². The maximum atomic E-state index is 11.4. The molecule has 0 aromatic heterocycles. The van der Waals surface area contributed by atoms with Crippen LogP contribution in [0.3, 0.4) is 0 Å². The zero-order valence-corrected chi connectivity index (χ0v) is 15.0. The lowest BCUT2D eigenvalue weighted by molar-refractivity contribution is -0.120. The van der Waals surface area contributed by atoms with Crippen molar-refractivity contribution < 1.29 is 4.79 Å². The van der Waals surface area contributed by atoms with Crippen molar-refractivity contribution in [3.8, 4) is 11.8 Å². The summed E-state index contributed by atoms with van der Waals surface area (Å²) in [6.45, 7) is 4.56. The van der Waals surface area contributed by atoms with Crippen molar-refractivity contribution in [1.82, 2.24) is 5.32 Å². The first-order valence-electron chi connectivity index (χ1n) is 9.47. The highest BCUT2D eigenvalue weighted by Gasteiger charge is 1.99. The van der Waals surface area contributed by atoms with Gasteiger partial charge in [-0.1, -0.05) is 89.9 Å². The molecule has 0 fully saturated rings. The van der Waals surface area contributed by atoms with Crippen LogP contribution in [0, 0.1) is 11.8 Å². The molecule has 1 N–H and O–H groups in total. The summed E-state index contributed by atoms with van der Waals surface area (Å²) in [7, 11) is 0. The smallest absolute Gasteiger partial charge is 0.220 e. The van der Waals surface area contributed by atoms with Gasteiger partial charge in [0.2, 0.25) is 5.91 Å². The Balaban J connectivity index is 3.10. The maximum absolute atomic E-state index is 11.4. The van der Waals surface area contributed by atoms with Crippen LogP contribution in [0.5, 0.6) is 0 Å². The van der Waals surface area contributed by atoms with Crippen molar-refractivity contribution in [3.63, 3.8) is 0 Å². The first-order valence-corrected chi connectivity index (χ1v) is 9.47. The van der Waals surface area contributed by atoms with Crippen molar-refractivity contribution in [2.75, 3.05) is 6.54 Å². The average molecular weight is 308 g/mol. The van der Waals surface area contributed by atoms with Crippen LogP contribution in [0.2, 0.25) is 0 Å². The fraction of sp³-hybridized carbons (Fsp3) is 0.850. The van der Waals surface area contributed by atoms with E-state index in [1.165, 1.54) is 77.0 Å². The lowest BCUT2D eigenvalue weighted by atomic mass is 10.0. The van der Waals surface area contributed by atoms with E-state index in [1.54, 1.807) is 6.92 Å². The molecule has 22 heavy (non-hydrogen) atoms. The Morgan fingerprint density at radius 1 is 0.773 bits per heavy atom. The number of amides is 1. The van der Waals surface area contributed by atoms with E-state index in [9.17, 15) is 4.79 Å². The summed E-state index contributed by atoms with van der Waals surface area (Å²) in [5, 5.41) is 2.81. The fourth-order valence-corrected chi connectivity index (χ4v) is 2.62. The van der Waals surface area contributed by atoms with Crippen LogP contribution in [0.25, 0.3) is 0 Å². The number of rotatable bonds is 15. The second-order valence-electron chi connectivity index (χ2n) is 6.20. The average Bonchev–Trinajstić information content (AvgIpc) is 2.52. The van der Waals surface area contributed by atoms with Crippen molar-refractivity contribution in [2.24, 2.45) is 0 Å². The van der Waals surface area contributed by atoms with Gasteiger partial charge in [-0.05, 0) is 13.3 Å². The molecule has 2 nitrogen and oxygen atoms in total. The normalized spacial score (nSPS) is 10.1. The van der Waals surface area contributed by atoms with Crippen molar-refractivity contribution in [1.29, 1.82) is 0 Å². The summed E-state index contributed by atoms with van der Waals surface area (Å²) < 4.78 is 0. The Morgan fingerprint density at radius 2 is 1.23 bits per heavy atom. The number of nitrogens with one attached hydrogen (secondary N) is 1. The standard InChI is InChI=1S/C20H37NO/c1-3-5-7-8-9-10-11-12-13-14-15-16-17-18-20(22)21-19-6-4-2/h3,5,7-19H2,1-2H3,(H,21,22). The number of hydrogen-bond donors (Lipinski definition) is 1. The minimum absolute atomic E-state index is 0.144. The topological polar surface area (TPSA) is 29.1 Å². The first kappa shape index (κ1) is 21.0. The molecule has 0 rings (SSSR count). The van der Waals surface area contributed by atoms with Gasteiger partial charge in [0.15, 0.2) is 0 Å². The molecule has 1 amide bonds. The monoisotopic (exact) mass is 307 g/mol.